The molecule has 4 amide bonds. The average molecular weight is 490 g/mol. The first kappa shape index (κ1) is 25.2. The largest absolute Gasteiger partial charge is 0.385 e. The zero-order valence-electron chi connectivity index (χ0n) is 20.4. The number of nitrogens with zero attached hydrogens (tertiary/aromatic N) is 4. The summed E-state index contributed by atoms with van der Waals surface area (Å²) in [5.41, 5.74) is 1.65. The highest BCUT2D eigenvalue weighted by molar-refractivity contribution is 5.92. The minimum Gasteiger partial charge on any atom is -0.385 e. The Bertz CT molecular complexity index is 1100. The Hall–Kier alpha value is -3.87. The van der Waals surface area contributed by atoms with E-state index in [4.69, 9.17) is 11.2 Å². The number of carbonyl (C=O) groups excluding carboxylic acids is 3. The maximum absolute atomic E-state index is 13.6. The molecule has 9 nitrogen and oxygen atoms in total. The van der Waals surface area contributed by atoms with Crippen LogP contribution in [0.5, 0.6) is 0 Å². The van der Waals surface area contributed by atoms with E-state index < -0.39 is 12.2 Å². The molecule has 2 aliphatic heterocycles. The van der Waals surface area contributed by atoms with Crippen molar-refractivity contribution in [3.63, 3.8) is 0 Å². The first-order chi connectivity index (χ1) is 17.5. The lowest BCUT2D eigenvalue weighted by Crippen LogP contribution is -2.74. The molecule has 2 fully saturated rings. The second kappa shape index (κ2) is 11.7. The molecule has 0 spiro atoms. The Morgan fingerprint density at radius 1 is 1.11 bits per heavy atom. The maximum atomic E-state index is 13.6. The number of carbonyl (C=O) groups is 3. The SMILES string of the molecule is C#CCN1CC(=O)N2[C@@H](c3ccccc3)C(=O)N(CCCOC)C[C@@H]2N1C(=O)NCc1ccccc1. The van der Waals surface area contributed by atoms with Crippen LogP contribution in [0.4, 0.5) is 4.79 Å². The molecule has 0 unspecified atom stereocenters. The quantitative estimate of drug-likeness (QED) is 0.452. The molecule has 0 aromatic heterocycles. The fourth-order valence-electron chi connectivity index (χ4n) is 4.74. The van der Waals surface area contributed by atoms with Gasteiger partial charge in [0.05, 0.1) is 19.6 Å². The standard InChI is InChI=1S/C27H31N5O4/c1-3-15-30-20-24(33)31-23(32(30)27(35)28-18-21-11-6-4-7-12-21)19-29(16-10-17-36-2)26(34)25(31)22-13-8-5-9-14-22/h1,4-9,11-14,23,25H,10,15-20H2,2H3,(H,28,35)/t23-,25-/m0/s1. The van der Waals surface area contributed by atoms with Crippen molar-refractivity contribution in [3.8, 4) is 12.3 Å². The highest BCUT2D eigenvalue weighted by atomic mass is 16.5. The number of terminal acetylenes is 1. The van der Waals surface area contributed by atoms with Crippen LogP contribution in [0.25, 0.3) is 0 Å². The molecule has 0 saturated carbocycles. The second-order valence-electron chi connectivity index (χ2n) is 8.74. The number of piperazine rings is 1. The minimum atomic E-state index is -0.836. The third kappa shape index (κ3) is 5.35. The summed E-state index contributed by atoms with van der Waals surface area (Å²) >= 11 is 0. The summed E-state index contributed by atoms with van der Waals surface area (Å²) < 4.78 is 5.18. The maximum Gasteiger partial charge on any atom is 0.334 e. The van der Waals surface area contributed by atoms with Crippen molar-refractivity contribution in [2.24, 2.45) is 0 Å². The zero-order chi connectivity index (χ0) is 25.5. The van der Waals surface area contributed by atoms with E-state index in [9.17, 15) is 14.4 Å². The molecule has 188 valence electrons. The minimum absolute atomic E-state index is 0.0858. The van der Waals surface area contributed by atoms with E-state index in [0.717, 1.165) is 5.56 Å². The highest BCUT2D eigenvalue weighted by Gasteiger charge is 2.51. The van der Waals surface area contributed by atoms with Crippen molar-refractivity contribution < 1.29 is 19.1 Å². The molecule has 4 rings (SSSR count). The Morgan fingerprint density at radius 2 is 1.81 bits per heavy atom. The van der Waals surface area contributed by atoms with Gasteiger partial charge in [-0.25, -0.2) is 9.80 Å². The van der Waals surface area contributed by atoms with Crippen LogP contribution >= 0.6 is 0 Å². The molecule has 2 aromatic carbocycles. The molecule has 2 heterocycles. The zero-order valence-corrected chi connectivity index (χ0v) is 20.4. The van der Waals surface area contributed by atoms with Gasteiger partial charge in [-0.3, -0.25) is 9.59 Å². The van der Waals surface area contributed by atoms with E-state index in [2.05, 4.69) is 11.2 Å². The van der Waals surface area contributed by atoms with Crippen LogP contribution in [0.2, 0.25) is 0 Å². The Morgan fingerprint density at radius 3 is 2.47 bits per heavy atom. The molecule has 2 saturated heterocycles. The van der Waals surface area contributed by atoms with Crippen LogP contribution in [0.15, 0.2) is 60.7 Å². The van der Waals surface area contributed by atoms with E-state index in [1.165, 1.54) is 5.01 Å². The first-order valence-electron chi connectivity index (χ1n) is 12.0. The van der Waals surface area contributed by atoms with Crippen LogP contribution in [0.3, 0.4) is 0 Å². The summed E-state index contributed by atoms with van der Waals surface area (Å²) in [5.74, 6) is 2.13. The Kier molecular flexibility index (Phi) is 8.21. The molecule has 2 aliphatic rings. The molecular formula is C27H31N5O4. The molecule has 2 atom stereocenters. The number of nitrogens with one attached hydrogen (secondary N) is 1. The van der Waals surface area contributed by atoms with Crippen LogP contribution in [0.1, 0.15) is 23.6 Å². The number of ether oxygens (including phenoxy) is 1. The summed E-state index contributed by atoms with van der Waals surface area (Å²) in [4.78, 5) is 43.9. The van der Waals surface area contributed by atoms with Crippen molar-refractivity contribution in [1.82, 2.24) is 25.1 Å². The van der Waals surface area contributed by atoms with Crippen molar-refractivity contribution >= 4 is 17.8 Å². The summed E-state index contributed by atoms with van der Waals surface area (Å²) in [5, 5.41) is 6.04. The molecule has 0 aliphatic carbocycles. The molecule has 1 N–H and O–H groups in total. The van der Waals surface area contributed by atoms with Gasteiger partial charge in [-0.2, -0.15) is 5.01 Å². The number of amides is 4. The summed E-state index contributed by atoms with van der Waals surface area (Å²) in [6.45, 7) is 1.43. The number of rotatable bonds is 8. The van der Waals surface area contributed by atoms with Crippen molar-refractivity contribution in [3.05, 3.63) is 71.8 Å². The number of hydrogen-bond acceptors (Lipinski definition) is 5. The Labute approximate surface area is 211 Å². The van der Waals surface area contributed by atoms with Crippen molar-refractivity contribution in [2.75, 3.05) is 39.9 Å². The number of benzene rings is 2. The van der Waals surface area contributed by atoms with E-state index in [0.29, 0.717) is 31.7 Å². The fraction of sp³-hybridized carbons (Fsp3) is 0.370. The summed E-state index contributed by atoms with van der Waals surface area (Å²) in [7, 11) is 1.61. The van der Waals surface area contributed by atoms with Gasteiger partial charge in [0.2, 0.25) is 11.8 Å². The third-order valence-corrected chi connectivity index (χ3v) is 6.38. The normalized spacial score (nSPS) is 20.2. The number of methoxy groups -OCH3 is 1. The lowest BCUT2D eigenvalue weighted by Gasteiger charge is -2.55. The van der Waals surface area contributed by atoms with E-state index >= 15 is 0 Å². The van der Waals surface area contributed by atoms with Gasteiger partial charge in [-0.1, -0.05) is 66.6 Å². The monoisotopic (exact) mass is 489 g/mol. The van der Waals surface area contributed by atoms with E-state index in [-0.39, 0.29) is 37.5 Å². The molecule has 0 radical (unpaired) electrons. The topological polar surface area (TPSA) is 85.4 Å². The third-order valence-electron chi connectivity index (χ3n) is 6.38. The smallest absolute Gasteiger partial charge is 0.334 e. The van der Waals surface area contributed by atoms with Gasteiger partial charge in [0, 0.05) is 26.8 Å². The van der Waals surface area contributed by atoms with Gasteiger partial charge in [-0.15, -0.1) is 6.42 Å². The van der Waals surface area contributed by atoms with Gasteiger partial charge in [0.25, 0.3) is 0 Å². The summed E-state index contributed by atoms with van der Waals surface area (Å²) in [6.07, 6.45) is 5.53. The fourth-order valence-corrected chi connectivity index (χ4v) is 4.74. The highest BCUT2D eigenvalue weighted by Crippen LogP contribution is 2.34. The molecule has 9 heteroatoms. The molecule has 0 bridgehead atoms. The lowest BCUT2D eigenvalue weighted by atomic mass is 9.98. The number of fused-ring (bicyclic) bond motifs is 1. The van der Waals surface area contributed by atoms with Gasteiger partial charge in [-0.05, 0) is 17.5 Å². The van der Waals surface area contributed by atoms with Crippen molar-refractivity contribution in [1.29, 1.82) is 0 Å². The number of hydrogen-bond donors (Lipinski definition) is 1. The van der Waals surface area contributed by atoms with Crippen LogP contribution in [-0.4, -0.2) is 83.7 Å². The number of urea groups is 1. The predicted octanol–water partition coefficient (Wildman–Crippen LogP) is 1.84. The molecule has 36 heavy (non-hydrogen) atoms. The van der Waals surface area contributed by atoms with Gasteiger partial charge in [0.1, 0.15) is 12.2 Å². The predicted molar refractivity (Wildman–Crippen MR) is 134 cm³/mol. The van der Waals surface area contributed by atoms with Crippen LogP contribution < -0.4 is 5.32 Å². The summed E-state index contributed by atoms with van der Waals surface area (Å²) in [6, 6.07) is 17.6. The Balaban J connectivity index is 1.67. The molecule has 2 aromatic rings. The van der Waals surface area contributed by atoms with Crippen LogP contribution in [-0.2, 0) is 20.9 Å². The van der Waals surface area contributed by atoms with Gasteiger partial charge < -0.3 is 19.9 Å². The lowest BCUT2D eigenvalue weighted by molar-refractivity contribution is -0.189. The average Bonchev–Trinajstić information content (AvgIpc) is 2.89. The van der Waals surface area contributed by atoms with Crippen LogP contribution in [0, 0.1) is 12.3 Å². The van der Waals surface area contributed by atoms with E-state index in [1.54, 1.807) is 21.9 Å². The number of hydrazine groups is 1. The van der Waals surface area contributed by atoms with Gasteiger partial charge in [0.15, 0.2) is 0 Å². The molecular weight excluding hydrogens is 458 g/mol. The van der Waals surface area contributed by atoms with Gasteiger partial charge >= 0.3 is 6.03 Å². The van der Waals surface area contributed by atoms with E-state index in [1.807, 2.05) is 60.7 Å². The second-order valence-corrected chi connectivity index (χ2v) is 8.74. The first-order valence-corrected chi connectivity index (χ1v) is 12.0. The van der Waals surface area contributed by atoms with Crippen molar-refractivity contribution in [2.45, 2.75) is 25.2 Å².